The van der Waals surface area contributed by atoms with Crippen molar-refractivity contribution >= 4 is 36.7 Å². The van der Waals surface area contributed by atoms with Gasteiger partial charge >= 0.3 is 0 Å². The summed E-state index contributed by atoms with van der Waals surface area (Å²) < 4.78 is 7.56. The van der Waals surface area contributed by atoms with Crippen molar-refractivity contribution in [2.45, 2.75) is 32.4 Å². The predicted molar refractivity (Wildman–Crippen MR) is 88.9 cm³/mol. The Morgan fingerprint density at radius 1 is 1.40 bits per heavy atom. The predicted octanol–water partition coefficient (Wildman–Crippen LogP) is 4.65. The second-order valence-corrected chi connectivity index (χ2v) is 12.1. The van der Waals surface area contributed by atoms with Crippen LogP contribution in [0.15, 0.2) is 24.9 Å². The fraction of sp³-hybridized carbons (Fsp3) is 0.400. The lowest BCUT2D eigenvalue weighted by molar-refractivity contribution is 0.0817. The first kappa shape index (κ1) is 15.3. The van der Waals surface area contributed by atoms with E-state index in [-0.39, 0.29) is 0 Å². The lowest BCUT2D eigenvalue weighted by Gasteiger charge is -2.15. The summed E-state index contributed by atoms with van der Waals surface area (Å²) in [6.45, 7) is 12.0. The van der Waals surface area contributed by atoms with Gasteiger partial charge in [0.15, 0.2) is 0 Å². The second-order valence-electron chi connectivity index (χ2n) is 6.10. The Bertz CT molecular complexity index is 616. The molecule has 0 aliphatic rings. The van der Waals surface area contributed by atoms with E-state index >= 15 is 0 Å². The van der Waals surface area contributed by atoms with Crippen LogP contribution in [0.4, 0.5) is 0 Å². The molecule has 1 heterocycles. The number of fused-ring (bicyclic) bond motifs is 1. The first-order chi connectivity index (χ1) is 9.42. The number of ether oxygens (including phenoxy) is 1. The minimum atomic E-state index is -1.05. The van der Waals surface area contributed by atoms with E-state index in [2.05, 4.69) is 31.3 Å². The molecule has 0 N–H and O–H groups in total. The Kier molecular flexibility index (Phi) is 4.68. The van der Waals surface area contributed by atoms with Gasteiger partial charge in [-0.2, -0.15) is 5.10 Å². The fourth-order valence-corrected chi connectivity index (χ4v) is 3.00. The van der Waals surface area contributed by atoms with Gasteiger partial charge in [-0.05, 0) is 17.7 Å². The van der Waals surface area contributed by atoms with Crippen molar-refractivity contribution in [3.8, 4) is 0 Å². The highest BCUT2D eigenvalue weighted by atomic mass is 35.5. The summed E-state index contributed by atoms with van der Waals surface area (Å²) in [6.07, 6.45) is 3.64. The van der Waals surface area contributed by atoms with Crippen LogP contribution in [-0.2, 0) is 11.5 Å². The molecule has 1 aromatic heterocycles. The number of hydrogen-bond acceptors (Lipinski definition) is 2. The number of rotatable bonds is 6. The van der Waals surface area contributed by atoms with Gasteiger partial charge in [0.05, 0.1) is 16.7 Å². The summed E-state index contributed by atoms with van der Waals surface area (Å²) in [5.41, 5.74) is 1.95. The Hall–Kier alpha value is -1.10. The molecule has 20 heavy (non-hydrogen) atoms. The molecule has 108 valence electrons. The summed E-state index contributed by atoms with van der Waals surface area (Å²) in [5.74, 6) is 0. The van der Waals surface area contributed by atoms with E-state index in [1.807, 2.05) is 29.1 Å². The molecule has 0 saturated heterocycles. The van der Waals surface area contributed by atoms with Crippen LogP contribution in [0.2, 0.25) is 30.7 Å². The van der Waals surface area contributed by atoms with Crippen molar-refractivity contribution in [3.05, 3.63) is 35.5 Å². The lowest BCUT2D eigenvalue weighted by Crippen LogP contribution is -2.22. The van der Waals surface area contributed by atoms with Crippen molar-refractivity contribution in [1.29, 1.82) is 0 Å². The Labute approximate surface area is 126 Å². The van der Waals surface area contributed by atoms with Crippen LogP contribution >= 0.6 is 11.6 Å². The van der Waals surface area contributed by atoms with E-state index in [1.165, 1.54) is 0 Å². The highest BCUT2D eigenvalue weighted by Gasteiger charge is 2.13. The average molecular weight is 309 g/mol. The molecule has 0 spiro atoms. The third-order valence-electron chi connectivity index (χ3n) is 3.22. The SMILES string of the molecule is C=Cc1ccc(Cl)c2c1cnn2COCC[Si](C)(C)C. The third-order valence-corrected chi connectivity index (χ3v) is 5.22. The standard InChI is InChI=1S/C15H21ClN2OSi/c1-5-12-6-7-14(16)15-13(12)10-17-18(15)11-19-8-9-20(2,3)4/h5-7,10H,1,8-9,11H2,2-4H3. The van der Waals surface area contributed by atoms with Crippen molar-refractivity contribution < 1.29 is 4.74 Å². The van der Waals surface area contributed by atoms with Gasteiger partial charge in [0, 0.05) is 20.1 Å². The van der Waals surface area contributed by atoms with Crippen molar-refractivity contribution in [1.82, 2.24) is 9.78 Å². The number of hydrogen-bond donors (Lipinski definition) is 0. The molecular weight excluding hydrogens is 288 g/mol. The number of nitrogens with zero attached hydrogens (tertiary/aromatic N) is 2. The Morgan fingerprint density at radius 2 is 2.15 bits per heavy atom. The highest BCUT2D eigenvalue weighted by molar-refractivity contribution is 6.76. The molecule has 3 nitrogen and oxygen atoms in total. The minimum absolute atomic E-state index is 0.439. The molecule has 0 aliphatic carbocycles. The van der Waals surface area contributed by atoms with Crippen molar-refractivity contribution in [2.75, 3.05) is 6.61 Å². The fourth-order valence-electron chi connectivity index (χ4n) is 1.99. The maximum absolute atomic E-state index is 6.27. The molecule has 0 atom stereocenters. The second kappa shape index (κ2) is 6.12. The molecule has 2 rings (SSSR count). The topological polar surface area (TPSA) is 27.1 Å². The zero-order valence-corrected chi connectivity index (χ0v) is 14.1. The number of halogens is 1. The van der Waals surface area contributed by atoms with Gasteiger partial charge in [-0.1, -0.05) is 50.0 Å². The summed E-state index contributed by atoms with van der Waals surface area (Å²) >= 11 is 6.27. The normalized spacial score (nSPS) is 12.0. The minimum Gasteiger partial charge on any atom is -0.360 e. The molecule has 0 unspecified atom stereocenters. The molecule has 0 fully saturated rings. The number of aromatic nitrogens is 2. The Balaban J connectivity index is 2.13. The van der Waals surface area contributed by atoms with E-state index in [1.54, 1.807) is 0 Å². The monoisotopic (exact) mass is 308 g/mol. The quantitative estimate of drug-likeness (QED) is 0.574. The molecular formula is C15H21ClN2OSi. The zero-order valence-electron chi connectivity index (χ0n) is 12.3. The van der Waals surface area contributed by atoms with Crippen molar-refractivity contribution in [3.63, 3.8) is 0 Å². The molecule has 0 radical (unpaired) electrons. The molecule has 2 aromatic rings. The van der Waals surface area contributed by atoms with Crippen LogP contribution in [0.5, 0.6) is 0 Å². The largest absolute Gasteiger partial charge is 0.360 e. The van der Waals surface area contributed by atoms with Gasteiger partial charge < -0.3 is 4.74 Å². The smallest absolute Gasteiger partial charge is 0.140 e. The molecule has 1 aromatic carbocycles. The van der Waals surface area contributed by atoms with Crippen LogP contribution in [0, 0.1) is 0 Å². The van der Waals surface area contributed by atoms with Crippen LogP contribution in [0.3, 0.4) is 0 Å². The lowest BCUT2D eigenvalue weighted by atomic mass is 10.1. The summed E-state index contributed by atoms with van der Waals surface area (Å²) in [4.78, 5) is 0. The third kappa shape index (κ3) is 3.51. The first-order valence-corrected chi connectivity index (χ1v) is 10.8. The van der Waals surface area contributed by atoms with Crippen molar-refractivity contribution in [2.24, 2.45) is 0 Å². The summed E-state index contributed by atoms with van der Waals surface area (Å²) in [5, 5.41) is 6.08. The van der Waals surface area contributed by atoms with Gasteiger partial charge in [0.25, 0.3) is 0 Å². The highest BCUT2D eigenvalue weighted by Crippen LogP contribution is 2.27. The average Bonchev–Trinajstić information content (AvgIpc) is 2.79. The van der Waals surface area contributed by atoms with Gasteiger partial charge in [0.2, 0.25) is 0 Å². The van der Waals surface area contributed by atoms with E-state index < -0.39 is 8.07 Å². The van der Waals surface area contributed by atoms with Crippen LogP contribution in [0.25, 0.3) is 17.0 Å². The van der Waals surface area contributed by atoms with Gasteiger partial charge in [0.1, 0.15) is 6.73 Å². The maximum Gasteiger partial charge on any atom is 0.140 e. The van der Waals surface area contributed by atoms with E-state index in [4.69, 9.17) is 16.3 Å². The van der Waals surface area contributed by atoms with Gasteiger partial charge in [-0.25, -0.2) is 4.68 Å². The van der Waals surface area contributed by atoms with E-state index in [0.717, 1.165) is 29.1 Å². The number of benzene rings is 1. The van der Waals surface area contributed by atoms with Gasteiger partial charge in [-0.15, -0.1) is 0 Å². The molecule has 5 heteroatoms. The first-order valence-electron chi connectivity index (χ1n) is 6.76. The molecule has 0 amide bonds. The van der Waals surface area contributed by atoms with Crippen LogP contribution in [-0.4, -0.2) is 24.5 Å². The summed E-state index contributed by atoms with van der Waals surface area (Å²) in [7, 11) is -1.05. The molecule has 0 saturated carbocycles. The van der Waals surface area contributed by atoms with Gasteiger partial charge in [-0.3, -0.25) is 0 Å². The maximum atomic E-state index is 6.27. The zero-order chi connectivity index (χ0) is 14.8. The van der Waals surface area contributed by atoms with Crippen LogP contribution < -0.4 is 0 Å². The molecule has 0 aliphatic heterocycles. The van der Waals surface area contributed by atoms with Crippen LogP contribution in [0.1, 0.15) is 5.56 Å². The summed E-state index contributed by atoms with van der Waals surface area (Å²) in [6, 6.07) is 4.98. The molecule has 0 bridgehead atoms. The van der Waals surface area contributed by atoms with E-state index in [0.29, 0.717) is 11.8 Å². The Morgan fingerprint density at radius 3 is 2.80 bits per heavy atom. The van der Waals surface area contributed by atoms with E-state index in [9.17, 15) is 0 Å².